The van der Waals surface area contributed by atoms with Crippen LogP contribution in [0.4, 0.5) is 0 Å². The third-order valence-corrected chi connectivity index (χ3v) is 6.07. The van der Waals surface area contributed by atoms with Gasteiger partial charge in [-0.05, 0) is 61.4 Å². The number of nitrogens with zero attached hydrogens (tertiary/aromatic N) is 2. The zero-order chi connectivity index (χ0) is 19.8. The Morgan fingerprint density at radius 2 is 2.18 bits per heavy atom. The van der Waals surface area contributed by atoms with Gasteiger partial charge in [-0.1, -0.05) is 11.3 Å². The van der Waals surface area contributed by atoms with Crippen molar-refractivity contribution in [3.8, 4) is 0 Å². The lowest BCUT2D eigenvalue weighted by Crippen LogP contribution is -2.39. The first kappa shape index (κ1) is 18.6. The first-order valence-electron chi connectivity index (χ1n) is 8.77. The summed E-state index contributed by atoms with van der Waals surface area (Å²) in [5.41, 5.74) is 1.61. The number of allylic oxidation sites excluding steroid dienone is 1. The van der Waals surface area contributed by atoms with E-state index < -0.39 is 12.0 Å². The molecule has 144 valence electrons. The molecule has 0 fully saturated rings. The number of aromatic nitrogens is 1. The van der Waals surface area contributed by atoms with E-state index in [0.29, 0.717) is 32.1 Å². The molecule has 4 heterocycles. The monoisotopic (exact) mass is 414 g/mol. The first-order valence-corrected chi connectivity index (χ1v) is 10.5. The van der Waals surface area contributed by atoms with Crippen molar-refractivity contribution in [1.82, 2.24) is 4.57 Å². The molecule has 0 saturated heterocycles. The first-order chi connectivity index (χ1) is 13.5. The molecular weight excluding hydrogens is 396 g/mol. The minimum absolute atomic E-state index is 0.205. The van der Waals surface area contributed by atoms with Crippen LogP contribution in [0.5, 0.6) is 0 Å². The molecule has 0 unspecified atom stereocenters. The second-order valence-corrected chi connectivity index (χ2v) is 8.10. The second kappa shape index (κ2) is 7.37. The highest BCUT2D eigenvalue weighted by molar-refractivity contribution is 7.08. The fraction of sp³-hybridized carbons (Fsp3) is 0.250. The van der Waals surface area contributed by atoms with E-state index in [0.717, 1.165) is 5.56 Å². The van der Waals surface area contributed by atoms with Crippen LogP contribution in [0.1, 0.15) is 37.0 Å². The van der Waals surface area contributed by atoms with Gasteiger partial charge >= 0.3 is 5.97 Å². The van der Waals surface area contributed by atoms with E-state index in [1.165, 1.54) is 15.9 Å². The van der Waals surface area contributed by atoms with Crippen molar-refractivity contribution in [3.63, 3.8) is 0 Å². The molecule has 3 aromatic rings. The smallest absolute Gasteiger partial charge is 0.338 e. The van der Waals surface area contributed by atoms with E-state index in [1.54, 1.807) is 31.3 Å². The predicted molar refractivity (Wildman–Crippen MR) is 108 cm³/mol. The van der Waals surface area contributed by atoms with E-state index in [2.05, 4.69) is 4.99 Å². The molecule has 4 rings (SSSR count). The zero-order valence-corrected chi connectivity index (χ0v) is 17.2. The number of hydrogen-bond acceptors (Lipinski definition) is 7. The van der Waals surface area contributed by atoms with Crippen LogP contribution in [0, 0.1) is 6.92 Å². The molecule has 0 amide bonds. The topological polar surface area (TPSA) is 73.8 Å². The number of aryl methyl sites for hydroxylation is 1. The molecule has 0 radical (unpaired) electrons. The number of furan rings is 1. The summed E-state index contributed by atoms with van der Waals surface area (Å²) in [7, 11) is 0. The molecule has 0 N–H and O–H groups in total. The number of carbonyl (C=O) groups is 1. The van der Waals surface area contributed by atoms with Crippen LogP contribution in [-0.4, -0.2) is 17.1 Å². The molecule has 3 aromatic heterocycles. The van der Waals surface area contributed by atoms with Gasteiger partial charge in [0.05, 0.1) is 22.4 Å². The van der Waals surface area contributed by atoms with Crippen molar-refractivity contribution in [3.05, 3.63) is 77.0 Å². The van der Waals surface area contributed by atoms with Gasteiger partial charge in [-0.25, -0.2) is 9.79 Å². The summed E-state index contributed by atoms with van der Waals surface area (Å²) in [5, 5.41) is 3.93. The van der Waals surface area contributed by atoms with Crippen LogP contribution >= 0.6 is 22.7 Å². The third kappa shape index (κ3) is 3.18. The van der Waals surface area contributed by atoms with Gasteiger partial charge < -0.3 is 9.15 Å². The molecule has 1 aliphatic heterocycles. The number of hydrogen-bond donors (Lipinski definition) is 0. The highest BCUT2D eigenvalue weighted by Gasteiger charge is 2.35. The molecular formula is C20H18N2O4S2. The van der Waals surface area contributed by atoms with Gasteiger partial charge in [0.15, 0.2) is 4.80 Å². The Labute approximate surface area is 168 Å². The Balaban J connectivity index is 1.97. The summed E-state index contributed by atoms with van der Waals surface area (Å²) in [4.78, 5) is 31.0. The quantitative estimate of drug-likeness (QED) is 0.616. The largest absolute Gasteiger partial charge is 0.464 e. The molecule has 6 nitrogen and oxygen atoms in total. The highest BCUT2D eigenvalue weighted by Crippen LogP contribution is 2.31. The highest BCUT2D eigenvalue weighted by atomic mass is 32.1. The Morgan fingerprint density at radius 1 is 1.36 bits per heavy atom. The van der Waals surface area contributed by atoms with Crippen LogP contribution in [-0.2, 0) is 9.53 Å². The number of thiophene rings is 1. The van der Waals surface area contributed by atoms with Gasteiger partial charge in [0.2, 0.25) is 0 Å². The van der Waals surface area contributed by atoms with Crippen LogP contribution in [0.25, 0.3) is 6.08 Å². The molecule has 0 aromatic carbocycles. The van der Waals surface area contributed by atoms with Gasteiger partial charge in [-0.2, -0.15) is 11.3 Å². The Kier molecular flexibility index (Phi) is 4.91. The SMILES string of the molecule is CCOC(=O)C1=C(C)N=c2s/c(=C/c3ccsc3)c(=O)n2[C@@H]1c1ccc(C)o1. The van der Waals surface area contributed by atoms with Crippen molar-refractivity contribution in [2.75, 3.05) is 6.61 Å². The Bertz CT molecular complexity index is 1240. The summed E-state index contributed by atoms with van der Waals surface area (Å²) >= 11 is 2.87. The van der Waals surface area contributed by atoms with Crippen LogP contribution in [0.2, 0.25) is 0 Å². The average molecular weight is 415 g/mol. The van der Waals surface area contributed by atoms with Crippen molar-refractivity contribution in [1.29, 1.82) is 0 Å². The number of fused-ring (bicyclic) bond motifs is 1. The molecule has 0 bridgehead atoms. The summed E-state index contributed by atoms with van der Waals surface area (Å²) < 4.78 is 13.1. The van der Waals surface area contributed by atoms with Gasteiger partial charge in [-0.3, -0.25) is 9.36 Å². The molecule has 1 atom stereocenters. The number of esters is 1. The second-order valence-electron chi connectivity index (χ2n) is 6.31. The van der Waals surface area contributed by atoms with Crippen LogP contribution in [0.15, 0.2) is 54.4 Å². The molecule has 28 heavy (non-hydrogen) atoms. The fourth-order valence-electron chi connectivity index (χ4n) is 3.17. The lowest BCUT2D eigenvalue weighted by Gasteiger charge is -2.22. The maximum absolute atomic E-state index is 13.2. The van der Waals surface area contributed by atoms with E-state index in [9.17, 15) is 9.59 Å². The van der Waals surface area contributed by atoms with Crippen LogP contribution < -0.4 is 14.9 Å². The van der Waals surface area contributed by atoms with Gasteiger partial charge in [0.1, 0.15) is 17.6 Å². The van der Waals surface area contributed by atoms with Gasteiger partial charge in [-0.15, -0.1) is 0 Å². The maximum atomic E-state index is 13.2. The van der Waals surface area contributed by atoms with Crippen molar-refractivity contribution in [2.45, 2.75) is 26.8 Å². The molecule has 0 spiro atoms. The number of ether oxygens (including phenoxy) is 1. The summed E-state index contributed by atoms with van der Waals surface area (Å²) in [6, 6.07) is 4.85. The number of thiazole rings is 1. The Hall–Kier alpha value is -2.71. The standard InChI is InChI=1S/C20H18N2O4S2/c1-4-25-19(24)16-12(3)21-20-22(17(16)14-6-5-11(2)26-14)18(23)15(28-20)9-13-7-8-27-10-13/h5-10,17H,4H2,1-3H3/b15-9+/t17-/m1/s1. The van der Waals surface area contributed by atoms with E-state index in [4.69, 9.17) is 9.15 Å². The fourth-order valence-corrected chi connectivity index (χ4v) is 4.83. The predicted octanol–water partition coefficient (Wildman–Crippen LogP) is 2.76. The summed E-state index contributed by atoms with van der Waals surface area (Å²) in [5.74, 6) is 0.723. The van der Waals surface area contributed by atoms with E-state index in [1.807, 2.05) is 35.9 Å². The van der Waals surface area contributed by atoms with Crippen LogP contribution in [0.3, 0.4) is 0 Å². The van der Waals surface area contributed by atoms with E-state index in [-0.39, 0.29) is 12.2 Å². The summed E-state index contributed by atoms with van der Waals surface area (Å²) in [6.45, 7) is 5.56. The average Bonchev–Trinajstić information content (AvgIpc) is 3.37. The number of rotatable bonds is 4. The lowest BCUT2D eigenvalue weighted by molar-refractivity contribution is -0.139. The van der Waals surface area contributed by atoms with E-state index >= 15 is 0 Å². The number of carbonyl (C=O) groups excluding carboxylic acids is 1. The van der Waals surface area contributed by atoms with Crippen molar-refractivity contribution >= 4 is 34.7 Å². The van der Waals surface area contributed by atoms with Crippen molar-refractivity contribution in [2.24, 2.45) is 4.99 Å². The molecule has 0 aliphatic carbocycles. The summed E-state index contributed by atoms with van der Waals surface area (Å²) in [6.07, 6.45) is 1.84. The molecule has 0 saturated carbocycles. The molecule has 8 heteroatoms. The lowest BCUT2D eigenvalue weighted by atomic mass is 10.0. The zero-order valence-electron chi connectivity index (χ0n) is 15.6. The molecule has 1 aliphatic rings. The maximum Gasteiger partial charge on any atom is 0.338 e. The van der Waals surface area contributed by atoms with Gasteiger partial charge in [0.25, 0.3) is 5.56 Å². The van der Waals surface area contributed by atoms with Gasteiger partial charge in [0, 0.05) is 0 Å². The third-order valence-electron chi connectivity index (χ3n) is 4.39. The minimum Gasteiger partial charge on any atom is -0.464 e. The van der Waals surface area contributed by atoms with Crippen molar-refractivity contribution < 1.29 is 13.9 Å². The normalized spacial score (nSPS) is 16.8. The Morgan fingerprint density at radius 3 is 2.82 bits per heavy atom. The minimum atomic E-state index is -0.700.